The summed E-state index contributed by atoms with van der Waals surface area (Å²) in [7, 11) is 0. The number of rotatable bonds is 17. The monoisotopic (exact) mass is 359 g/mol. The summed E-state index contributed by atoms with van der Waals surface area (Å²) in [5.74, 6) is -2.15. The van der Waals surface area contributed by atoms with Crippen LogP contribution in [0.1, 0.15) is 104 Å². The molecule has 0 aliphatic carbocycles. The molecule has 0 rings (SSSR count). The Morgan fingerprint density at radius 3 is 1.24 bits per heavy atom. The van der Waals surface area contributed by atoms with Gasteiger partial charge in [0.15, 0.2) is 0 Å². The Morgan fingerprint density at radius 2 is 0.920 bits per heavy atom. The smallest absolute Gasteiger partial charge is 0.303 e. The van der Waals surface area contributed by atoms with Crippen LogP contribution in [-0.4, -0.2) is 35.2 Å². The van der Waals surface area contributed by atoms with E-state index in [0.29, 0.717) is 0 Å². The van der Waals surface area contributed by atoms with Crippen molar-refractivity contribution in [3.63, 3.8) is 0 Å². The lowest BCUT2D eigenvalue weighted by Gasteiger charge is -2.04. The highest BCUT2D eigenvalue weighted by Crippen LogP contribution is 2.05. The quantitative estimate of drug-likeness (QED) is 0.309. The van der Waals surface area contributed by atoms with Crippen molar-refractivity contribution in [3.8, 4) is 0 Å². The zero-order chi connectivity index (χ0) is 19.2. The highest BCUT2D eigenvalue weighted by molar-refractivity contribution is 5.75. The first-order valence-electron chi connectivity index (χ1n) is 10.2. The van der Waals surface area contributed by atoms with Crippen molar-refractivity contribution < 1.29 is 19.8 Å². The standard InChI is InChI=1S/C16H35N.C4H6O4/c1-3-5-7-9-11-13-15-17-16-14-12-10-8-6-4-2;5-3(6)1-2-4(7)8/h17H,3-16H2,1-2H3;1-2H2,(H,5,6)(H,7,8). The molecule has 5 heteroatoms. The molecule has 0 bridgehead atoms. The lowest BCUT2D eigenvalue weighted by atomic mass is 10.1. The van der Waals surface area contributed by atoms with Crippen LogP contribution in [0, 0.1) is 0 Å². The van der Waals surface area contributed by atoms with Crippen molar-refractivity contribution in [2.75, 3.05) is 13.1 Å². The van der Waals surface area contributed by atoms with Gasteiger partial charge in [0, 0.05) is 0 Å². The van der Waals surface area contributed by atoms with Crippen molar-refractivity contribution in [3.05, 3.63) is 0 Å². The van der Waals surface area contributed by atoms with Gasteiger partial charge in [-0.3, -0.25) is 9.59 Å². The first kappa shape index (κ1) is 26.1. The maximum absolute atomic E-state index is 9.64. The molecule has 0 aliphatic heterocycles. The predicted molar refractivity (Wildman–Crippen MR) is 104 cm³/mol. The molecule has 0 saturated heterocycles. The number of carboxylic acids is 2. The van der Waals surface area contributed by atoms with Crippen LogP contribution in [0.2, 0.25) is 0 Å². The van der Waals surface area contributed by atoms with Crippen LogP contribution in [-0.2, 0) is 9.59 Å². The van der Waals surface area contributed by atoms with Crippen LogP contribution in [0.15, 0.2) is 0 Å². The first-order valence-corrected chi connectivity index (χ1v) is 10.2. The van der Waals surface area contributed by atoms with Crippen molar-refractivity contribution in [1.82, 2.24) is 5.32 Å². The van der Waals surface area contributed by atoms with Gasteiger partial charge in [0.1, 0.15) is 0 Å². The summed E-state index contributed by atoms with van der Waals surface area (Å²) in [6, 6.07) is 0. The molecule has 0 spiro atoms. The summed E-state index contributed by atoms with van der Waals surface area (Å²) >= 11 is 0. The molecule has 0 atom stereocenters. The fraction of sp³-hybridized carbons (Fsp3) is 0.900. The largest absolute Gasteiger partial charge is 0.481 e. The molecule has 0 fully saturated rings. The van der Waals surface area contributed by atoms with Crippen LogP contribution in [0.5, 0.6) is 0 Å². The molecule has 25 heavy (non-hydrogen) atoms. The van der Waals surface area contributed by atoms with E-state index in [2.05, 4.69) is 19.2 Å². The molecule has 0 aliphatic rings. The summed E-state index contributed by atoms with van der Waals surface area (Å²) in [4.78, 5) is 19.3. The molecule has 5 nitrogen and oxygen atoms in total. The molecule has 0 amide bonds. The Balaban J connectivity index is 0. The van der Waals surface area contributed by atoms with Gasteiger partial charge < -0.3 is 15.5 Å². The van der Waals surface area contributed by atoms with E-state index in [1.807, 2.05) is 0 Å². The number of nitrogens with one attached hydrogen (secondary N) is 1. The maximum Gasteiger partial charge on any atom is 0.303 e. The fourth-order valence-electron chi connectivity index (χ4n) is 2.40. The average Bonchev–Trinajstić information content (AvgIpc) is 2.58. The molecule has 0 aromatic heterocycles. The lowest BCUT2D eigenvalue weighted by Crippen LogP contribution is -2.16. The van der Waals surface area contributed by atoms with Crippen LogP contribution in [0.4, 0.5) is 0 Å². The van der Waals surface area contributed by atoms with Crippen LogP contribution in [0.3, 0.4) is 0 Å². The third kappa shape index (κ3) is 31.2. The zero-order valence-corrected chi connectivity index (χ0v) is 16.5. The summed E-state index contributed by atoms with van der Waals surface area (Å²) in [5.41, 5.74) is 0. The fourth-order valence-corrected chi connectivity index (χ4v) is 2.40. The van der Waals surface area contributed by atoms with Crippen molar-refractivity contribution in [2.45, 2.75) is 104 Å². The van der Waals surface area contributed by atoms with E-state index in [1.165, 1.54) is 90.1 Å². The van der Waals surface area contributed by atoms with Crippen molar-refractivity contribution in [2.24, 2.45) is 0 Å². The van der Waals surface area contributed by atoms with Gasteiger partial charge in [0.2, 0.25) is 0 Å². The van der Waals surface area contributed by atoms with E-state index >= 15 is 0 Å². The molecule has 150 valence electrons. The van der Waals surface area contributed by atoms with Crippen molar-refractivity contribution >= 4 is 11.9 Å². The Bertz CT molecular complexity index is 267. The normalized spacial score (nSPS) is 10.2. The second-order valence-electron chi connectivity index (χ2n) is 6.57. The Hall–Kier alpha value is -1.10. The van der Waals surface area contributed by atoms with Crippen molar-refractivity contribution in [1.29, 1.82) is 0 Å². The van der Waals surface area contributed by atoms with Gasteiger partial charge in [0.05, 0.1) is 12.8 Å². The molecular formula is C20H41NO4. The third-order valence-electron chi connectivity index (χ3n) is 3.97. The molecular weight excluding hydrogens is 318 g/mol. The molecule has 0 saturated carbocycles. The first-order chi connectivity index (χ1) is 12.0. The summed E-state index contributed by atoms with van der Waals surface area (Å²) < 4.78 is 0. The Morgan fingerprint density at radius 1 is 0.600 bits per heavy atom. The predicted octanol–water partition coefficient (Wildman–Crippen LogP) is 5.23. The van der Waals surface area contributed by atoms with E-state index in [4.69, 9.17) is 10.2 Å². The molecule has 0 radical (unpaired) electrons. The van der Waals surface area contributed by atoms with Gasteiger partial charge in [-0.1, -0.05) is 78.1 Å². The van der Waals surface area contributed by atoms with E-state index in [0.717, 1.165) is 0 Å². The van der Waals surface area contributed by atoms with Gasteiger partial charge in [-0.15, -0.1) is 0 Å². The number of carbonyl (C=O) groups is 2. The molecule has 3 N–H and O–H groups in total. The minimum absolute atomic E-state index is 0.296. The second-order valence-corrected chi connectivity index (χ2v) is 6.57. The van der Waals surface area contributed by atoms with E-state index in [9.17, 15) is 9.59 Å². The van der Waals surface area contributed by atoms with Crippen LogP contribution >= 0.6 is 0 Å². The molecule has 0 aromatic rings. The molecule has 0 aromatic carbocycles. The summed E-state index contributed by atoms with van der Waals surface area (Å²) in [6.07, 6.45) is 16.3. The van der Waals surface area contributed by atoms with Gasteiger partial charge in [-0.25, -0.2) is 0 Å². The number of hydrogen-bond acceptors (Lipinski definition) is 3. The lowest BCUT2D eigenvalue weighted by molar-refractivity contribution is -0.143. The molecule has 0 unspecified atom stereocenters. The van der Waals surface area contributed by atoms with Gasteiger partial charge in [-0.05, 0) is 25.9 Å². The van der Waals surface area contributed by atoms with E-state index in [1.54, 1.807) is 0 Å². The summed E-state index contributed by atoms with van der Waals surface area (Å²) in [6.45, 7) is 7.03. The topological polar surface area (TPSA) is 86.6 Å². The highest BCUT2D eigenvalue weighted by Gasteiger charge is 2.00. The maximum atomic E-state index is 9.64. The van der Waals surface area contributed by atoms with Gasteiger partial charge >= 0.3 is 11.9 Å². The minimum atomic E-state index is -1.08. The number of aliphatic carboxylic acids is 2. The van der Waals surface area contributed by atoms with E-state index < -0.39 is 11.9 Å². The van der Waals surface area contributed by atoms with E-state index in [-0.39, 0.29) is 12.8 Å². The van der Waals surface area contributed by atoms with Gasteiger partial charge in [-0.2, -0.15) is 0 Å². The number of carboxylic acid groups (broad SMARTS) is 2. The average molecular weight is 360 g/mol. The second kappa shape index (κ2) is 22.9. The minimum Gasteiger partial charge on any atom is -0.481 e. The van der Waals surface area contributed by atoms with Gasteiger partial charge in [0.25, 0.3) is 0 Å². The van der Waals surface area contributed by atoms with Crippen LogP contribution in [0.25, 0.3) is 0 Å². The summed E-state index contributed by atoms with van der Waals surface area (Å²) in [5, 5.41) is 19.4. The Kier molecular flexibility index (Phi) is 23.9. The SMILES string of the molecule is CCCCCCCCNCCCCCCCC.O=C(O)CCC(=O)O. The Labute approximate surface area is 154 Å². The number of hydrogen-bond donors (Lipinski definition) is 3. The zero-order valence-electron chi connectivity index (χ0n) is 16.5. The number of unbranched alkanes of at least 4 members (excludes halogenated alkanes) is 10. The molecule has 0 heterocycles. The van der Waals surface area contributed by atoms with Crippen LogP contribution < -0.4 is 5.32 Å². The highest BCUT2D eigenvalue weighted by atomic mass is 16.4. The third-order valence-corrected chi connectivity index (χ3v) is 3.97.